The fourth-order valence-electron chi connectivity index (χ4n) is 4.52. The maximum absolute atomic E-state index is 13.1. The van der Waals surface area contributed by atoms with E-state index in [9.17, 15) is 4.79 Å². The van der Waals surface area contributed by atoms with Crippen LogP contribution in [-0.4, -0.2) is 42.0 Å². The monoisotopic (exact) mass is 442 g/mol. The number of carbonyl (C=O) groups excluding carboxylic acids is 1. The lowest BCUT2D eigenvalue weighted by atomic mass is 9.96. The number of carbonyl (C=O) groups is 1. The number of nitrogens with one attached hydrogen (secondary N) is 1. The summed E-state index contributed by atoms with van der Waals surface area (Å²) >= 11 is 0. The minimum Gasteiger partial charge on any atom is -0.357 e. The van der Waals surface area contributed by atoms with Gasteiger partial charge >= 0.3 is 0 Å². The van der Waals surface area contributed by atoms with Gasteiger partial charge in [-0.2, -0.15) is 0 Å². The number of likely N-dealkylation sites (tertiary alicyclic amines) is 1. The molecule has 1 saturated heterocycles. The van der Waals surface area contributed by atoms with E-state index in [-0.39, 0.29) is 5.91 Å². The molecule has 2 heterocycles. The van der Waals surface area contributed by atoms with E-state index in [4.69, 9.17) is 0 Å². The van der Waals surface area contributed by atoms with E-state index in [0.29, 0.717) is 11.3 Å². The molecule has 1 fully saturated rings. The molecule has 0 spiro atoms. The molecule has 1 amide bonds. The third-order valence-corrected chi connectivity index (χ3v) is 6.39. The van der Waals surface area contributed by atoms with Crippen LogP contribution in [0.4, 0.5) is 11.5 Å². The van der Waals surface area contributed by atoms with Crippen molar-refractivity contribution in [2.24, 2.45) is 0 Å². The lowest BCUT2D eigenvalue weighted by molar-refractivity contribution is 0.102. The fourth-order valence-corrected chi connectivity index (χ4v) is 4.52. The van der Waals surface area contributed by atoms with E-state index >= 15 is 0 Å². The Bertz CT molecular complexity index is 1040. The van der Waals surface area contributed by atoms with Crippen LogP contribution in [0.25, 0.3) is 11.1 Å². The number of hydrogen-bond acceptors (Lipinski definition) is 4. The van der Waals surface area contributed by atoms with Crippen molar-refractivity contribution in [2.45, 2.75) is 39.7 Å². The number of pyridine rings is 1. The molecule has 0 saturated carbocycles. The smallest absolute Gasteiger partial charge is 0.255 e. The van der Waals surface area contributed by atoms with Crippen molar-refractivity contribution >= 4 is 17.4 Å². The van der Waals surface area contributed by atoms with Crippen LogP contribution in [-0.2, 0) is 6.54 Å². The van der Waals surface area contributed by atoms with Gasteiger partial charge in [0.25, 0.3) is 5.91 Å². The largest absolute Gasteiger partial charge is 0.357 e. The molecule has 5 nitrogen and oxygen atoms in total. The number of hydrogen-bond donors (Lipinski definition) is 1. The highest BCUT2D eigenvalue weighted by molar-refractivity contribution is 6.04. The zero-order valence-corrected chi connectivity index (χ0v) is 19.8. The highest BCUT2D eigenvalue weighted by Crippen LogP contribution is 2.27. The molecule has 3 aromatic rings. The Labute approximate surface area is 197 Å². The maximum Gasteiger partial charge on any atom is 0.255 e. The lowest BCUT2D eigenvalue weighted by Gasteiger charge is -2.27. The minimum atomic E-state index is -0.105. The zero-order chi connectivity index (χ0) is 23.0. The number of piperidine rings is 1. The average Bonchev–Trinajstić information content (AvgIpc) is 2.87. The fraction of sp³-hybridized carbons (Fsp3) is 0.357. The summed E-state index contributed by atoms with van der Waals surface area (Å²) in [5.74, 6) is 0.820. The first-order chi connectivity index (χ1) is 16.2. The van der Waals surface area contributed by atoms with Gasteiger partial charge in [0.2, 0.25) is 0 Å². The predicted octanol–water partition coefficient (Wildman–Crippen LogP) is 5.83. The number of anilines is 2. The second kappa shape index (κ2) is 11.1. The van der Waals surface area contributed by atoms with Gasteiger partial charge < -0.3 is 10.2 Å². The first kappa shape index (κ1) is 23.0. The van der Waals surface area contributed by atoms with Crippen molar-refractivity contribution in [1.82, 2.24) is 9.88 Å². The summed E-state index contributed by atoms with van der Waals surface area (Å²) in [6.07, 6.45) is 5.54. The van der Waals surface area contributed by atoms with Crippen molar-refractivity contribution in [3.63, 3.8) is 0 Å². The van der Waals surface area contributed by atoms with Gasteiger partial charge in [0.05, 0.1) is 11.9 Å². The average molecular weight is 443 g/mol. The molecule has 2 aromatic carbocycles. The third kappa shape index (κ3) is 5.79. The highest BCUT2D eigenvalue weighted by atomic mass is 16.1. The maximum atomic E-state index is 13.1. The van der Waals surface area contributed by atoms with Crippen molar-refractivity contribution in [1.29, 1.82) is 0 Å². The molecule has 1 aliphatic rings. The first-order valence-corrected chi connectivity index (χ1v) is 12.1. The van der Waals surface area contributed by atoms with E-state index in [1.54, 1.807) is 6.20 Å². The lowest BCUT2D eigenvalue weighted by Crippen LogP contribution is -2.29. The van der Waals surface area contributed by atoms with E-state index in [2.05, 4.69) is 70.3 Å². The van der Waals surface area contributed by atoms with Crippen LogP contribution in [0.2, 0.25) is 0 Å². The van der Waals surface area contributed by atoms with Crippen molar-refractivity contribution < 1.29 is 4.79 Å². The summed E-state index contributed by atoms with van der Waals surface area (Å²) in [5, 5.41) is 3.02. The van der Waals surface area contributed by atoms with Gasteiger partial charge in [-0.25, -0.2) is 4.98 Å². The number of nitrogens with zero attached hydrogens (tertiary/aromatic N) is 3. The Morgan fingerprint density at radius 1 is 0.970 bits per heavy atom. The molecule has 1 aromatic heterocycles. The zero-order valence-electron chi connectivity index (χ0n) is 19.8. The summed E-state index contributed by atoms with van der Waals surface area (Å²) in [6.45, 7) is 9.14. The van der Waals surface area contributed by atoms with Crippen LogP contribution < -0.4 is 10.2 Å². The van der Waals surface area contributed by atoms with E-state index in [1.165, 1.54) is 36.0 Å². The number of benzene rings is 2. The minimum absolute atomic E-state index is 0.105. The molecule has 33 heavy (non-hydrogen) atoms. The topological polar surface area (TPSA) is 48.5 Å². The van der Waals surface area contributed by atoms with Gasteiger partial charge in [0.1, 0.15) is 5.82 Å². The summed E-state index contributed by atoms with van der Waals surface area (Å²) in [4.78, 5) is 22.3. The number of aromatic nitrogens is 1. The van der Waals surface area contributed by atoms with E-state index in [1.807, 2.05) is 24.3 Å². The van der Waals surface area contributed by atoms with Gasteiger partial charge in [-0.1, -0.05) is 42.8 Å². The molecule has 1 N–H and O–H groups in total. The Morgan fingerprint density at radius 2 is 1.73 bits per heavy atom. The van der Waals surface area contributed by atoms with Crippen LogP contribution in [0.15, 0.2) is 66.9 Å². The summed E-state index contributed by atoms with van der Waals surface area (Å²) < 4.78 is 0. The molecule has 0 atom stereocenters. The quantitative estimate of drug-likeness (QED) is 0.477. The molecule has 0 aliphatic carbocycles. The molecule has 0 bridgehead atoms. The number of rotatable bonds is 8. The molecule has 0 unspecified atom stereocenters. The molecule has 1 aliphatic heterocycles. The molecule has 172 valence electrons. The molecule has 0 radical (unpaired) electrons. The molecule has 4 rings (SSSR count). The van der Waals surface area contributed by atoms with Crippen molar-refractivity contribution in [3.8, 4) is 11.1 Å². The molecule has 5 heteroatoms. The van der Waals surface area contributed by atoms with Crippen LogP contribution >= 0.6 is 0 Å². The van der Waals surface area contributed by atoms with Gasteiger partial charge in [0, 0.05) is 25.2 Å². The summed E-state index contributed by atoms with van der Waals surface area (Å²) in [5.41, 5.74) is 4.97. The van der Waals surface area contributed by atoms with E-state index in [0.717, 1.165) is 38.5 Å². The first-order valence-electron chi connectivity index (χ1n) is 12.1. The Kier molecular flexibility index (Phi) is 7.74. The van der Waals surface area contributed by atoms with Gasteiger partial charge in [-0.3, -0.25) is 9.69 Å². The van der Waals surface area contributed by atoms with Crippen LogP contribution in [0.1, 0.15) is 49.0 Å². The van der Waals surface area contributed by atoms with Crippen molar-refractivity contribution in [2.75, 3.05) is 36.4 Å². The third-order valence-electron chi connectivity index (χ3n) is 6.39. The number of amides is 1. The van der Waals surface area contributed by atoms with Crippen LogP contribution in [0.3, 0.4) is 0 Å². The molecular weight excluding hydrogens is 408 g/mol. The second-order valence-corrected chi connectivity index (χ2v) is 8.61. The Balaban J connectivity index is 1.55. The van der Waals surface area contributed by atoms with Gasteiger partial charge in [-0.05, 0) is 80.7 Å². The summed E-state index contributed by atoms with van der Waals surface area (Å²) in [6, 6.07) is 20.4. The van der Waals surface area contributed by atoms with Crippen LogP contribution in [0, 0.1) is 0 Å². The SMILES string of the molecule is CCN(CC)c1ccc(NC(=O)c2ccc(-c3ccccc3)c(CN3CCCCC3)c2)cn1. The predicted molar refractivity (Wildman–Crippen MR) is 137 cm³/mol. The highest BCUT2D eigenvalue weighted by Gasteiger charge is 2.16. The normalized spacial score (nSPS) is 14.1. The van der Waals surface area contributed by atoms with E-state index < -0.39 is 0 Å². The Morgan fingerprint density at radius 3 is 2.39 bits per heavy atom. The van der Waals surface area contributed by atoms with Gasteiger partial charge in [0.15, 0.2) is 0 Å². The second-order valence-electron chi connectivity index (χ2n) is 8.61. The van der Waals surface area contributed by atoms with Crippen molar-refractivity contribution in [3.05, 3.63) is 78.0 Å². The molecular formula is C28H34N4O. The Hall–Kier alpha value is -3.18. The van der Waals surface area contributed by atoms with Crippen LogP contribution in [0.5, 0.6) is 0 Å². The van der Waals surface area contributed by atoms with Gasteiger partial charge in [-0.15, -0.1) is 0 Å². The standard InChI is InChI=1S/C28H34N4O/c1-3-32(4-2)27-16-14-25(20-29-27)30-28(33)23-13-15-26(22-11-7-5-8-12-22)24(19-23)21-31-17-9-6-10-18-31/h5,7-8,11-16,19-20H,3-4,6,9-10,17-18,21H2,1-2H3,(H,30,33). The summed E-state index contributed by atoms with van der Waals surface area (Å²) in [7, 11) is 0.